The molecule has 1 saturated heterocycles. The second-order valence-corrected chi connectivity index (χ2v) is 8.18. The van der Waals surface area contributed by atoms with Crippen molar-refractivity contribution in [3.8, 4) is 0 Å². The number of nitrogens with zero attached hydrogens (tertiary/aromatic N) is 1. The average molecular weight is 290 g/mol. The highest BCUT2D eigenvalue weighted by molar-refractivity contribution is 7.91. The van der Waals surface area contributed by atoms with E-state index in [1.54, 1.807) is 11.9 Å². The largest absolute Gasteiger partial charge is 0.343 e. The summed E-state index contributed by atoms with van der Waals surface area (Å²) >= 11 is 0. The molecule has 1 aliphatic heterocycles. The van der Waals surface area contributed by atoms with E-state index in [1.807, 2.05) is 6.92 Å². The topological polar surface area (TPSA) is 66.5 Å². The highest BCUT2D eigenvalue weighted by Gasteiger charge is 2.27. The van der Waals surface area contributed by atoms with Crippen LogP contribution in [0.2, 0.25) is 0 Å². The molecule has 1 aliphatic rings. The zero-order chi connectivity index (χ0) is 14.6. The molecule has 2 atom stereocenters. The maximum absolute atomic E-state index is 12.1. The molecule has 6 heteroatoms. The van der Waals surface area contributed by atoms with Crippen LogP contribution in [0.15, 0.2) is 0 Å². The highest BCUT2D eigenvalue weighted by atomic mass is 32.2. The predicted octanol–water partition coefficient (Wildman–Crippen LogP) is 0.656. The first-order valence-corrected chi connectivity index (χ1v) is 8.73. The van der Waals surface area contributed by atoms with Gasteiger partial charge in [-0.05, 0) is 19.3 Å². The molecule has 19 heavy (non-hydrogen) atoms. The summed E-state index contributed by atoms with van der Waals surface area (Å²) in [5.74, 6) is 0.809. The van der Waals surface area contributed by atoms with Crippen LogP contribution in [0.4, 0.5) is 0 Å². The van der Waals surface area contributed by atoms with Gasteiger partial charge in [-0.3, -0.25) is 4.79 Å². The van der Waals surface area contributed by atoms with Crippen LogP contribution in [0.1, 0.15) is 33.6 Å². The Labute approximate surface area is 116 Å². The van der Waals surface area contributed by atoms with Gasteiger partial charge in [0.1, 0.15) is 0 Å². The Balaban J connectivity index is 2.50. The number of hydrogen-bond donors (Lipinski definition) is 1. The Bertz CT molecular complexity index is 406. The van der Waals surface area contributed by atoms with Crippen molar-refractivity contribution in [1.29, 1.82) is 0 Å². The van der Waals surface area contributed by atoms with Crippen molar-refractivity contribution >= 4 is 15.7 Å². The molecule has 0 aromatic carbocycles. The molecule has 0 bridgehead atoms. The SMILES string of the molecule is CC(C)CC(C)N(C)C(=O)CC1CS(=O)(=O)CCN1. The van der Waals surface area contributed by atoms with Gasteiger partial charge < -0.3 is 10.2 Å². The lowest BCUT2D eigenvalue weighted by molar-refractivity contribution is -0.132. The van der Waals surface area contributed by atoms with Gasteiger partial charge in [-0.25, -0.2) is 8.42 Å². The summed E-state index contributed by atoms with van der Waals surface area (Å²) in [7, 11) is -1.18. The Morgan fingerprint density at radius 2 is 2.00 bits per heavy atom. The molecule has 0 saturated carbocycles. The van der Waals surface area contributed by atoms with Crippen molar-refractivity contribution in [3.63, 3.8) is 0 Å². The van der Waals surface area contributed by atoms with Crippen molar-refractivity contribution in [2.24, 2.45) is 5.92 Å². The predicted molar refractivity (Wildman–Crippen MR) is 76.7 cm³/mol. The molecule has 0 spiro atoms. The van der Waals surface area contributed by atoms with Gasteiger partial charge in [-0.15, -0.1) is 0 Å². The molecule has 1 heterocycles. The van der Waals surface area contributed by atoms with Gasteiger partial charge in [-0.1, -0.05) is 13.8 Å². The van der Waals surface area contributed by atoms with Crippen molar-refractivity contribution in [2.75, 3.05) is 25.1 Å². The molecule has 1 fully saturated rings. The Morgan fingerprint density at radius 3 is 2.53 bits per heavy atom. The summed E-state index contributed by atoms with van der Waals surface area (Å²) in [5.41, 5.74) is 0. The van der Waals surface area contributed by atoms with E-state index in [-0.39, 0.29) is 35.9 Å². The van der Waals surface area contributed by atoms with E-state index in [4.69, 9.17) is 0 Å². The highest BCUT2D eigenvalue weighted by Crippen LogP contribution is 2.12. The fraction of sp³-hybridized carbons (Fsp3) is 0.923. The van der Waals surface area contributed by atoms with Crippen LogP contribution in [0.3, 0.4) is 0 Å². The average Bonchev–Trinajstić information content (AvgIpc) is 2.25. The summed E-state index contributed by atoms with van der Waals surface area (Å²) in [6.07, 6.45) is 1.22. The van der Waals surface area contributed by atoms with E-state index in [9.17, 15) is 13.2 Å². The van der Waals surface area contributed by atoms with Gasteiger partial charge >= 0.3 is 0 Å². The molecule has 5 nitrogen and oxygen atoms in total. The molecule has 1 N–H and O–H groups in total. The van der Waals surface area contributed by atoms with Crippen LogP contribution < -0.4 is 5.32 Å². The van der Waals surface area contributed by atoms with Crippen molar-refractivity contribution in [1.82, 2.24) is 10.2 Å². The summed E-state index contributed by atoms with van der Waals surface area (Å²) in [5, 5.41) is 3.11. The number of hydrogen-bond acceptors (Lipinski definition) is 4. The van der Waals surface area contributed by atoms with Gasteiger partial charge in [0.15, 0.2) is 9.84 Å². The molecule has 1 amide bonds. The maximum Gasteiger partial charge on any atom is 0.224 e. The number of amides is 1. The summed E-state index contributed by atoms with van der Waals surface area (Å²) in [4.78, 5) is 13.9. The number of carbonyl (C=O) groups is 1. The number of carbonyl (C=O) groups excluding carboxylic acids is 1. The van der Waals surface area contributed by atoms with E-state index in [0.29, 0.717) is 12.5 Å². The van der Waals surface area contributed by atoms with Gasteiger partial charge in [0.2, 0.25) is 5.91 Å². The summed E-state index contributed by atoms with van der Waals surface area (Å²) < 4.78 is 23.1. The Morgan fingerprint density at radius 1 is 1.37 bits per heavy atom. The smallest absolute Gasteiger partial charge is 0.224 e. The van der Waals surface area contributed by atoms with E-state index >= 15 is 0 Å². The molecular weight excluding hydrogens is 264 g/mol. The first kappa shape index (κ1) is 16.4. The van der Waals surface area contributed by atoms with Crippen LogP contribution in [-0.4, -0.2) is 56.4 Å². The fourth-order valence-corrected chi connectivity index (χ4v) is 3.88. The maximum atomic E-state index is 12.1. The third-order valence-electron chi connectivity index (χ3n) is 3.59. The van der Waals surface area contributed by atoms with Crippen LogP contribution in [0.25, 0.3) is 0 Å². The minimum absolute atomic E-state index is 0.0164. The summed E-state index contributed by atoms with van der Waals surface area (Å²) in [6.45, 7) is 6.74. The first-order valence-electron chi connectivity index (χ1n) is 6.90. The van der Waals surface area contributed by atoms with Crippen LogP contribution in [-0.2, 0) is 14.6 Å². The minimum atomic E-state index is -2.98. The van der Waals surface area contributed by atoms with E-state index in [2.05, 4.69) is 19.2 Å². The number of sulfone groups is 1. The second kappa shape index (κ2) is 6.70. The van der Waals surface area contributed by atoms with E-state index in [1.165, 1.54) is 0 Å². The molecule has 0 aromatic heterocycles. The number of rotatable bonds is 5. The lowest BCUT2D eigenvalue weighted by Crippen LogP contribution is -2.48. The third-order valence-corrected chi connectivity index (χ3v) is 5.33. The lowest BCUT2D eigenvalue weighted by atomic mass is 10.0. The van der Waals surface area contributed by atoms with Gasteiger partial charge in [0.25, 0.3) is 0 Å². The minimum Gasteiger partial charge on any atom is -0.343 e. The van der Waals surface area contributed by atoms with Crippen LogP contribution in [0, 0.1) is 5.92 Å². The van der Waals surface area contributed by atoms with Gasteiger partial charge in [-0.2, -0.15) is 0 Å². The standard InChI is InChI=1S/C13H26N2O3S/c1-10(2)7-11(3)15(4)13(16)8-12-9-19(17,18)6-5-14-12/h10-12,14H,5-9H2,1-4H3. The van der Waals surface area contributed by atoms with Crippen LogP contribution in [0.5, 0.6) is 0 Å². The molecule has 0 aliphatic carbocycles. The van der Waals surface area contributed by atoms with E-state index in [0.717, 1.165) is 6.42 Å². The Kier molecular flexibility index (Phi) is 5.80. The van der Waals surface area contributed by atoms with Crippen molar-refractivity contribution in [2.45, 2.75) is 45.7 Å². The van der Waals surface area contributed by atoms with Gasteiger partial charge in [0, 0.05) is 32.1 Å². The molecular formula is C13H26N2O3S. The molecule has 0 radical (unpaired) electrons. The molecule has 0 aromatic rings. The van der Waals surface area contributed by atoms with E-state index < -0.39 is 9.84 Å². The normalized spacial score (nSPS) is 24.2. The second-order valence-electron chi connectivity index (χ2n) is 5.95. The van der Waals surface area contributed by atoms with Crippen LogP contribution >= 0.6 is 0 Å². The van der Waals surface area contributed by atoms with Crippen molar-refractivity contribution < 1.29 is 13.2 Å². The first-order chi connectivity index (χ1) is 8.71. The monoisotopic (exact) mass is 290 g/mol. The number of nitrogens with one attached hydrogen (secondary N) is 1. The third kappa shape index (κ3) is 5.48. The molecule has 1 rings (SSSR count). The quantitative estimate of drug-likeness (QED) is 0.807. The zero-order valence-corrected chi connectivity index (χ0v) is 13.2. The zero-order valence-electron chi connectivity index (χ0n) is 12.3. The molecule has 112 valence electrons. The van der Waals surface area contributed by atoms with Crippen molar-refractivity contribution in [3.05, 3.63) is 0 Å². The Hall–Kier alpha value is -0.620. The fourth-order valence-electron chi connectivity index (χ4n) is 2.44. The lowest BCUT2D eigenvalue weighted by Gasteiger charge is -2.29. The molecule has 2 unspecified atom stereocenters. The summed E-state index contributed by atoms with van der Waals surface area (Å²) in [6, 6.07) is -0.0485. The van der Waals surface area contributed by atoms with Gasteiger partial charge in [0.05, 0.1) is 11.5 Å².